The van der Waals surface area contributed by atoms with E-state index in [1.807, 2.05) is 58.9 Å². The predicted molar refractivity (Wildman–Crippen MR) is 82.7 cm³/mol. The molecule has 0 radical (unpaired) electrons. The smallest absolute Gasteiger partial charge is 0.227 e. The number of nitrogens with one attached hydrogen (secondary N) is 1. The number of carbonyl (C=O) groups excluding carboxylic acids is 1. The van der Waals surface area contributed by atoms with Crippen molar-refractivity contribution in [1.29, 1.82) is 0 Å². The highest BCUT2D eigenvalue weighted by molar-refractivity contribution is 9.10. The summed E-state index contributed by atoms with van der Waals surface area (Å²) in [7, 11) is 0. The normalized spacial score (nSPS) is 14.1. The molecular weight excluding hydrogens is 304 g/mol. The van der Waals surface area contributed by atoms with Gasteiger partial charge in [0, 0.05) is 10.0 Å². The average molecular weight is 327 g/mol. The lowest BCUT2D eigenvalue weighted by Gasteiger charge is -2.37. The zero-order valence-electron chi connectivity index (χ0n) is 12.3. The van der Waals surface area contributed by atoms with Crippen molar-refractivity contribution in [3.05, 3.63) is 34.3 Å². The fourth-order valence-electron chi connectivity index (χ4n) is 1.50. The predicted octanol–water partition coefficient (Wildman–Crippen LogP) is 3.39. The summed E-state index contributed by atoms with van der Waals surface area (Å²) in [5, 5.41) is 3.03. The zero-order valence-corrected chi connectivity index (χ0v) is 13.8. The second-order valence-electron chi connectivity index (χ2n) is 6.09. The van der Waals surface area contributed by atoms with E-state index in [1.165, 1.54) is 0 Å². The maximum atomic E-state index is 12.4. The van der Waals surface area contributed by atoms with E-state index in [2.05, 4.69) is 21.2 Å². The molecule has 0 fully saturated rings. The monoisotopic (exact) mass is 326 g/mol. The third-order valence-corrected chi connectivity index (χ3v) is 4.42. The van der Waals surface area contributed by atoms with E-state index in [9.17, 15) is 4.79 Å². The lowest BCUT2D eigenvalue weighted by atomic mass is 9.74. The molecule has 0 saturated carbocycles. The first-order chi connectivity index (χ1) is 8.55. The Morgan fingerprint density at radius 2 is 1.68 bits per heavy atom. The van der Waals surface area contributed by atoms with Crippen LogP contribution in [0.5, 0.6) is 0 Å². The number of nitrogens with two attached hydrogens (primary N) is 1. The molecule has 106 valence electrons. The topological polar surface area (TPSA) is 55.1 Å². The molecule has 1 aromatic rings. The first-order valence-electron chi connectivity index (χ1n) is 6.41. The quantitative estimate of drug-likeness (QED) is 0.891. The Morgan fingerprint density at radius 3 is 2.11 bits per heavy atom. The second-order valence-corrected chi connectivity index (χ2v) is 7.01. The van der Waals surface area contributed by atoms with Gasteiger partial charge >= 0.3 is 0 Å². The molecule has 0 aliphatic heterocycles. The van der Waals surface area contributed by atoms with Crippen LogP contribution in [-0.2, 0) is 4.79 Å². The Kier molecular flexibility index (Phi) is 4.80. The van der Waals surface area contributed by atoms with Gasteiger partial charge in [-0.2, -0.15) is 0 Å². The Balaban J connectivity index is 2.80. The van der Waals surface area contributed by atoms with Crippen molar-refractivity contribution in [3.8, 4) is 0 Å². The van der Waals surface area contributed by atoms with Crippen LogP contribution in [0.3, 0.4) is 0 Å². The molecule has 1 atom stereocenters. The minimum Gasteiger partial charge on any atom is -0.349 e. The van der Waals surface area contributed by atoms with Gasteiger partial charge in [0.05, 0.1) is 11.5 Å². The Bertz CT molecular complexity index is 446. The van der Waals surface area contributed by atoms with Crippen LogP contribution in [0.25, 0.3) is 0 Å². The molecule has 0 aliphatic rings. The highest BCUT2D eigenvalue weighted by Crippen LogP contribution is 2.29. The van der Waals surface area contributed by atoms with Crippen LogP contribution in [0.4, 0.5) is 0 Å². The molecule has 3 nitrogen and oxygen atoms in total. The van der Waals surface area contributed by atoms with E-state index in [-0.39, 0.29) is 11.9 Å². The summed E-state index contributed by atoms with van der Waals surface area (Å²) in [6, 6.07) is 7.89. The fourth-order valence-corrected chi connectivity index (χ4v) is 1.77. The van der Waals surface area contributed by atoms with Crippen LogP contribution in [0.1, 0.15) is 46.2 Å². The Hall–Kier alpha value is -0.870. The molecule has 1 rings (SSSR count). The number of hydrogen-bond acceptors (Lipinski definition) is 2. The summed E-state index contributed by atoms with van der Waals surface area (Å²) in [5.74, 6) is -0.0320. The number of carbonyl (C=O) groups is 1. The number of amides is 1. The van der Waals surface area contributed by atoms with Crippen LogP contribution in [0.2, 0.25) is 0 Å². The van der Waals surface area contributed by atoms with Crippen molar-refractivity contribution in [2.45, 2.75) is 46.2 Å². The van der Waals surface area contributed by atoms with E-state index in [0.29, 0.717) is 0 Å². The number of halogens is 1. The number of benzene rings is 1. The van der Waals surface area contributed by atoms with E-state index in [4.69, 9.17) is 5.73 Å². The molecule has 3 N–H and O–H groups in total. The molecule has 4 heteroatoms. The molecule has 0 aliphatic carbocycles. The lowest BCUT2D eigenvalue weighted by molar-refractivity contribution is -0.132. The average Bonchev–Trinajstić information content (AvgIpc) is 2.28. The Morgan fingerprint density at radius 1 is 1.21 bits per heavy atom. The van der Waals surface area contributed by atoms with Crippen LogP contribution < -0.4 is 11.1 Å². The van der Waals surface area contributed by atoms with Crippen LogP contribution in [0.15, 0.2) is 28.7 Å². The first kappa shape index (κ1) is 16.2. The summed E-state index contributed by atoms with van der Waals surface area (Å²) < 4.78 is 1.03. The molecule has 0 heterocycles. The van der Waals surface area contributed by atoms with Crippen molar-refractivity contribution in [2.24, 2.45) is 11.1 Å². The molecule has 19 heavy (non-hydrogen) atoms. The summed E-state index contributed by atoms with van der Waals surface area (Å²) in [6.07, 6.45) is 0. The van der Waals surface area contributed by atoms with Gasteiger partial charge in [-0.3, -0.25) is 4.79 Å². The van der Waals surface area contributed by atoms with E-state index < -0.39 is 11.0 Å². The van der Waals surface area contributed by atoms with E-state index >= 15 is 0 Å². The maximum Gasteiger partial charge on any atom is 0.227 e. The van der Waals surface area contributed by atoms with Gasteiger partial charge in [-0.25, -0.2) is 0 Å². The van der Waals surface area contributed by atoms with Gasteiger partial charge in [-0.05, 0) is 52.3 Å². The number of rotatable bonds is 4. The van der Waals surface area contributed by atoms with Crippen LogP contribution in [0, 0.1) is 5.41 Å². The second kappa shape index (κ2) is 5.63. The fraction of sp³-hybridized carbons (Fsp3) is 0.533. The van der Waals surface area contributed by atoms with Crippen molar-refractivity contribution in [1.82, 2.24) is 5.32 Å². The summed E-state index contributed by atoms with van der Waals surface area (Å²) >= 11 is 3.40. The standard InChI is InChI=1S/C15H23BrN2O/c1-10(11-6-8-12(16)9-7-11)18-13(19)14(2,3)15(4,5)17/h6-10H,17H2,1-5H3,(H,18,19). The molecule has 1 unspecified atom stereocenters. The summed E-state index contributed by atoms with van der Waals surface area (Å²) in [4.78, 5) is 12.4. The molecule has 0 spiro atoms. The highest BCUT2D eigenvalue weighted by Gasteiger charge is 2.40. The van der Waals surface area contributed by atoms with Crippen molar-refractivity contribution in [2.75, 3.05) is 0 Å². The van der Waals surface area contributed by atoms with Crippen LogP contribution >= 0.6 is 15.9 Å². The van der Waals surface area contributed by atoms with Crippen molar-refractivity contribution >= 4 is 21.8 Å². The van der Waals surface area contributed by atoms with Gasteiger partial charge in [0.2, 0.25) is 5.91 Å². The third kappa shape index (κ3) is 3.80. The SMILES string of the molecule is CC(NC(=O)C(C)(C)C(C)(C)N)c1ccc(Br)cc1. The molecule has 1 aromatic carbocycles. The van der Waals surface area contributed by atoms with Gasteiger partial charge in [0.25, 0.3) is 0 Å². The zero-order chi connectivity index (χ0) is 14.8. The molecular formula is C15H23BrN2O. The van der Waals surface area contributed by atoms with Gasteiger partial charge < -0.3 is 11.1 Å². The molecule has 0 bridgehead atoms. The van der Waals surface area contributed by atoms with Gasteiger partial charge in [-0.15, -0.1) is 0 Å². The summed E-state index contributed by atoms with van der Waals surface area (Å²) in [5.41, 5.74) is 5.95. The third-order valence-electron chi connectivity index (χ3n) is 3.90. The van der Waals surface area contributed by atoms with E-state index in [0.717, 1.165) is 10.0 Å². The largest absolute Gasteiger partial charge is 0.349 e. The molecule has 1 amide bonds. The highest BCUT2D eigenvalue weighted by atomic mass is 79.9. The van der Waals surface area contributed by atoms with Gasteiger partial charge in [0.1, 0.15) is 0 Å². The molecule has 0 saturated heterocycles. The van der Waals surface area contributed by atoms with Crippen molar-refractivity contribution < 1.29 is 4.79 Å². The lowest BCUT2D eigenvalue weighted by Crippen LogP contribution is -2.55. The minimum absolute atomic E-state index is 0.0320. The summed E-state index contributed by atoms with van der Waals surface area (Å²) in [6.45, 7) is 9.46. The maximum absolute atomic E-state index is 12.4. The molecule has 0 aromatic heterocycles. The van der Waals surface area contributed by atoms with Crippen LogP contribution in [-0.4, -0.2) is 11.4 Å². The van der Waals surface area contributed by atoms with Crippen molar-refractivity contribution in [3.63, 3.8) is 0 Å². The van der Waals surface area contributed by atoms with E-state index in [1.54, 1.807) is 0 Å². The van der Waals surface area contributed by atoms with Gasteiger partial charge in [-0.1, -0.05) is 28.1 Å². The Labute approximate surface area is 124 Å². The van der Waals surface area contributed by atoms with Gasteiger partial charge in [0.15, 0.2) is 0 Å². The number of hydrogen-bond donors (Lipinski definition) is 2. The minimum atomic E-state index is -0.628. The first-order valence-corrected chi connectivity index (χ1v) is 7.20.